The lowest BCUT2D eigenvalue weighted by Crippen LogP contribution is -2.64. The number of hydrogen-bond donors (Lipinski definition) is 2. The average molecular weight is 589 g/mol. The first-order valence-corrected chi connectivity index (χ1v) is 14.1. The normalized spacial score (nSPS) is 15.8. The molecule has 12 heteroatoms. The molecule has 0 radical (unpaired) electrons. The molecule has 1 aliphatic heterocycles. The number of carboxylic acids is 1. The van der Waals surface area contributed by atoms with Crippen LogP contribution < -0.4 is 10.1 Å². The minimum Gasteiger partial charge on any atom is -0.481 e. The van der Waals surface area contributed by atoms with Gasteiger partial charge in [-0.1, -0.05) is 30.3 Å². The summed E-state index contributed by atoms with van der Waals surface area (Å²) in [6.07, 6.45) is -1.36. The van der Waals surface area contributed by atoms with Gasteiger partial charge in [0.25, 0.3) is 0 Å². The molecule has 0 saturated carbocycles. The number of ether oxygens (including phenoxy) is 2. The minimum absolute atomic E-state index is 0.130. The summed E-state index contributed by atoms with van der Waals surface area (Å²) in [5.74, 6) is -2.04. The van der Waals surface area contributed by atoms with Crippen LogP contribution in [0.3, 0.4) is 0 Å². The Morgan fingerprint density at radius 3 is 2.27 bits per heavy atom. The molecule has 3 aromatic carbocycles. The van der Waals surface area contributed by atoms with E-state index in [1.54, 1.807) is 20.8 Å². The standard InChI is InChI=1S/C29H30F2N2O7S/c1-28(2,3)40-27(36)32-25(16-26(34)35)19-6-4-9-24(14-19)41(37,38)33-17-29(18-33,20-10-12-21(30)13-11-20)39-23-8-5-7-22(31)15-23/h4-15,25H,16-18H2,1-3H3,(H,32,36)(H,34,35)/t25-/m0/s1. The fourth-order valence-corrected chi connectivity index (χ4v) is 6.02. The lowest BCUT2D eigenvalue weighted by atomic mass is 9.87. The van der Waals surface area contributed by atoms with Gasteiger partial charge in [-0.05, 0) is 68.3 Å². The quantitative estimate of drug-likeness (QED) is 0.361. The zero-order valence-corrected chi connectivity index (χ0v) is 23.5. The number of rotatable bonds is 9. The fourth-order valence-electron chi connectivity index (χ4n) is 4.43. The number of amides is 1. The van der Waals surface area contributed by atoms with Gasteiger partial charge < -0.3 is 19.9 Å². The van der Waals surface area contributed by atoms with E-state index in [2.05, 4.69) is 5.32 Å². The van der Waals surface area contributed by atoms with E-state index in [-0.39, 0.29) is 29.3 Å². The van der Waals surface area contributed by atoms with Gasteiger partial charge in [0.05, 0.1) is 30.4 Å². The summed E-state index contributed by atoms with van der Waals surface area (Å²) in [5.41, 5.74) is -1.28. The van der Waals surface area contributed by atoms with Crippen molar-refractivity contribution in [2.24, 2.45) is 0 Å². The number of carboxylic acid groups (broad SMARTS) is 1. The topological polar surface area (TPSA) is 122 Å². The maximum Gasteiger partial charge on any atom is 0.408 e. The van der Waals surface area contributed by atoms with E-state index in [1.807, 2.05) is 0 Å². The molecule has 0 aromatic heterocycles. The summed E-state index contributed by atoms with van der Waals surface area (Å²) in [6, 6.07) is 15.4. The van der Waals surface area contributed by atoms with E-state index in [4.69, 9.17) is 9.47 Å². The second-order valence-electron chi connectivity index (χ2n) is 10.7. The van der Waals surface area contributed by atoms with Crippen molar-refractivity contribution in [3.8, 4) is 5.75 Å². The van der Waals surface area contributed by atoms with Crippen molar-refractivity contribution in [3.05, 3.63) is 95.6 Å². The van der Waals surface area contributed by atoms with Crippen LogP contribution in [-0.4, -0.2) is 48.6 Å². The minimum atomic E-state index is -4.12. The second kappa shape index (κ2) is 11.5. The number of alkyl carbamates (subject to hydrolysis) is 1. The van der Waals surface area contributed by atoms with Crippen molar-refractivity contribution >= 4 is 22.1 Å². The van der Waals surface area contributed by atoms with E-state index in [9.17, 15) is 31.9 Å². The molecule has 2 N–H and O–H groups in total. The molecule has 0 unspecified atom stereocenters. The van der Waals surface area contributed by atoms with Crippen molar-refractivity contribution in [2.75, 3.05) is 13.1 Å². The van der Waals surface area contributed by atoms with E-state index in [0.29, 0.717) is 5.56 Å². The van der Waals surface area contributed by atoms with Crippen LogP contribution >= 0.6 is 0 Å². The van der Waals surface area contributed by atoms with Crippen molar-refractivity contribution in [1.82, 2.24) is 9.62 Å². The Morgan fingerprint density at radius 2 is 1.66 bits per heavy atom. The predicted octanol–water partition coefficient (Wildman–Crippen LogP) is 4.98. The van der Waals surface area contributed by atoms with Crippen LogP contribution in [0.25, 0.3) is 0 Å². The molecule has 3 aromatic rings. The monoisotopic (exact) mass is 588 g/mol. The van der Waals surface area contributed by atoms with Crippen molar-refractivity contribution in [3.63, 3.8) is 0 Å². The van der Waals surface area contributed by atoms with Crippen LogP contribution in [0.4, 0.5) is 13.6 Å². The summed E-state index contributed by atoms with van der Waals surface area (Å²) in [5, 5.41) is 11.9. The third kappa shape index (κ3) is 7.19. The molecule has 1 aliphatic rings. The molecule has 1 amide bonds. The second-order valence-corrected chi connectivity index (χ2v) is 12.6. The first-order valence-electron chi connectivity index (χ1n) is 12.7. The highest BCUT2D eigenvalue weighted by molar-refractivity contribution is 7.89. The number of benzene rings is 3. The van der Waals surface area contributed by atoms with Gasteiger partial charge in [-0.2, -0.15) is 4.31 Å². The zero-order valence-electron chi connectivity index (χ0n) is 22.6. The third-order valence-corrected chi connectivity index (χ3v) is 8.10. The molecule has 0 spiro atoms. The van der Waals surface area contributed by atoms with E-state index in [0.717, 1.165) is 4.31 Å². The first-order chi connectivity index (χ1) is 19.2. The van der Waals surface area contributed by atoms with Crippen LogP contribution in [0.2, 0.25) is 0 Å². The number of nitrogens with one attached hydrogen (secondary N) is 1. The van der Waals surface area contributed by atoms with Gasteiger partial charge in [-0.3, -0.25) is 4.79 Å². The van der Waals surface area contributed by atoms with Gasteiger partial charge in [-0.25, -0.2) is 22.0 Å². The lowest BCUT2D eigenvalue weighted by molar-refractivity contribution is -0.137. The van der Waals surface area contributed by atoms with Crippen LogP contribution in [0.15, 0.2) is 77.7 Å². The predicted molar refractivity (Wildman–Crippen MR) is 145 cm³/mol. The van der Waals surface area contributed by atoms with Gasteiger partial charge in [0.2, 0.25) is 10.0 Å². The van der Waals surface area contributed by atoms with Crippen LogP contribution in [-0.2, 0) is 25.2 Å². The molecule has 0 aliphatic carbocycles. The number of sulfonamides is 1. The lowest BCUT2D eigenvalue weighted by Gasteiger charge is -2.48. The highest BCUT2D eigenvalue weighted by Gasteiger charge is 2.52. The number of aliphatic carboxylic acids is 1. The Balaban J connectivity index is 1.60. The van der Waals surface area contributed by atoms with Crippen LogP contribution in [0.1, 0.15) is 44.4 Å². The Labute approximate surface area is 236 Å². The molecule has 4 rings (SSSR count). The summed E-state index contributed by atoms with van der Waals surface area (Å²) < 4.78 is 67.2. The number of nitrogens with zero attached hydrogens (tertiary/aromatic N) is 1. The Kier molecular flexibility index (Phi) is 8.36. The molecule has 0 bridgehead atoms. The average Bonchev–Trinajstić information content (AvgIpc) is 2.85. The van der Waals surface area contributed by atoms with Gasteiger partial charge in [0.1, 0.15) is 23.0 Å². The highest BCUT2D eigenvalue weighted by Crippen LogP contribution is 2.40. The summed E-state index contributed by atoms with van der Waals surface area (Å²) in [4.78, 5) is 23.7. The summed E-state index contributed by atoms with van der Waals surface area (Å²) in [7, 11) is -4.12. The largest absolute Gasteiger partial charge is 0.481 e. The molecule has 9 nitrogen and oxygen atoms in total. The van der Waals surface area contributed by atoms with Gasteiger partial charge in [-0.15, -0.1) is 0 Å². The number of carbonyl (C=O) groups is 2. The van der Waals surface area contributed by atoms with E-state index in [1.165, 1.54) is 72.8 Å². The SMILES string of the molecule is CC(C)(C)OC(=O)N[C@@H](CC(=O)O)c1cccc(S(=O)(=O)N2CC(Oc3cccc(F)c3)(c3ccc(F)cc3)C2)c1. The molecule has 41 heavy (non-hydrogen) atoms. The Morgan fingerprint density at radius 1 is 1.00 bits per heavy atom. The van der Waals surface area contributed by atoms with Gasteiger partial charge in [0, 0.05) is 6.07 Å². The number of halogens is 2. The Bertz CT molecular complexity index is 1530. The maximum atomic E-state index is 13.8. The summed E-state index contributed by atoms with van der Waals surface area (Å²) in [6.45, 7) is 4.65. The number of hydrogen-bond acceptors (Lipinski definition) is 6. The van der Waals surface area contributed by atoms with Gasteiger partial charge in [0.15, 0.2) is 5.60 Å². The first kappa shape index (κ1) is 29.9. The van der Waals surface area contributed by atoms with Crippen molar-refractivity contribution < 1.29 is 41.4 Å². The van der Waals surface area contributed by atoms with E-state index >= 15 is 0 Å². The molecule has 218 valence electrons. The zero-order chi connectivity index (χ0) is 30.0. The smallest absolute Gasteiger partial charge is 0.408 e. The molecule has 1 saturated heterocycles. The molecule has 1 heterocycles. The molecular weight excluding hydrogens is 558 g/mol. The van der Waals surface area contributed by atoms with Crippen LogP contribution in [0.5, 0.6) is 5.75 Å². The number of carbonyl (C=O) groups excluding carboxylic acids is 1. The molecule has 1 fully saturated rings. The molecular formula is C29H30F2N2O7S. The van der Waals surface area contributed by atoms with E-state index < -0.39 is 57.4 Å². The van der Waals surface area contributed by atoms with Gasteiger partial charge >= 0.3 is 12.1 Å². The third-order valence-electron chi connectivity index (χ3n) is 6.31. The Hall–Kier alpha value is -4.03. The molecule has 1 atom stereocenters. The maximum absolute atomic E-state index is 13.8. The van der Waals surface area contributed by atoms with Crippen LogP contribution in [0, 0.1) is 11.6 Å². The van der Waals surface area contributed by atoms with Crippen molar-refractivity contribution in [2.45, 2.75) is 49.3 Å². The van der Waals surface area contributed by atoms with Crippen molar-refractivity contribution in [1.29, 1.82) is 0 Å². The fraction of sp³-hybridized carbons (Fsp3) is 0.310. The summed E-state index contributed by atoms with van der Waals surface area (Å²) >= 11 is 0. The highest BCUT2D eigenvalue weighted by atomic mass is 32.2.